The Labute approximate surface area is 153 Å². The SMILES string of the molecule is CCOc1ccc(C(CO)C(CO)Oc2ccccc2OC)cc1OC. The summed E-state index contributed by atoms with van der Waals surface area (Å²) >= 11 is 0. The van der Waals surface area contributed by atoms with Crippen LogP contribution in [0.25, 0.3) is 0 Å². The van der Waals surface area contributed by atoms with Crippen molar-refractivity contribution in [3.05, 3.63) is 48.0 Å². The molecule has 26 heavy (non-hydrogen) atoms. The first-order chi connectivity index (χ1) is 12.7. The molecule has 0 radical (unpaired) electrons. The van der Waals surface area contributed by atoms with Crippen molar-refractivity contribution in [1.29, 1.82) is 0 Å². The van der Waals surface area contributed by atoms with Crippen molar-refractivity contribution in [3.63, 3.8) is 0 Å². The van der Waals surface area contributed by atoms with Gasteiger partial charge in [-0.1, -0.05) is 18.2 Å². The summed E-state index contributed by atoms with van der Waals surface area (Å²) in [5, 5.41) is 19.8. The summed E-state index contributed by atoms with van der Waals surface area (Å²) in [4.78, 5) is 0. The number of aliphatic hydroxyl groups is 2. The van der Waals surface area contributed by atoms with Crippen LogP contribution in [0.4, 0.5) is 0 Å². The predicted molar refractivity (Wildman–Crippen MR) is 98.5 cm³/mol. The van der Waals surface area contributed by atoms with Crippen LogP contribution >= 0.6 is 0 Å². The van der Waals surface area contributed by atoms with Crippen molar-refractivity contribution in [2.75, 3.05) is 34.0 Å². The number of methoxy groups -OCH3 is 2. The van der Waals surface area contributed by atoms with E-state index in [0.29, 0.717) is 29.6 Å². The van der Waals surface area contributed by atoms with E-state index < -0.39 is 12.0 Å². The van der Waals surface area contributed by atoms with E-state index in [1.807, 2.05) is 25.1 Å². The number of benzene rings is 2. The Morgan fingerprint density at radius 3 is 2.12 bits per heavy atom. The van der Waals surface area contributed by atoms with Gasteiger partial charge in [-0.2, -0.15) is 0 Å². The summed E-state index contributed by atoms with van der Waals surface area (Å²) in [6.45, 7) is 1.96. The molecule has 2 N–H and O–H groups in total. The van der Waals surface area contributed by atoms with Gasteiger partial charge in [0.15, 0.2) is 23.0 Å². The molecule has 0 spiro atoms. The summed E-state index contributed by atoms with van der Waals surface area (Å²) in [7, 11) is 3.11. The maximum Gasteiger partial charge on any atom is 0.161 e. The molecule has 0 bridgehead atoms. The molecule has 0 amide bonds. The monoisotopic (exact) mass is 362 g/mol. The molecule has 0 aliphatic heterocycles. The maximum atomic E-state index is 9.93. The molecular weight excluding hydrogens is 336 g/mol. The molecule has 6 nitrogen and oxygen atoms in total. The van der Waals surface area contributed by atoms with E-state index in [9.17, 15) is 10.2 Å². The zero-order valence-corrected chi connectivity index (χ0v) is 15.3. The van der Waals surface area contributed by atoms with Crippen LogP contribution in [0.2, 0.25) is 0 Å². The van der Waals surface area contributed by atoms with Crippen LogP contribution in [0.5, 0.6) is 23.0 Å². The Balaban J connectivity index is 2.29. The zero-order chi connectivity index (χ0) is 18.9. The molecule has 2 aromatic rings. The first-order valence-corrected chi connectivity index (χ1v) is 8.50. The van der Waals surface area contributed by atoms with Crippen LogP contribution in [-0.4, -0.2) is 50.4 Å². The van der Waals surface area contributed by atoms with Gasteiger partial charge in [0.1, 0.15) is 6.10 Å². The van der Waals surface area contributed by atoms with Gasteiger partial charge in [0, 0.05) is 5.92 Å². The van der Waals surface area contributed by atoms with E-state index in [2.05, 4.69) is 0 Å². The average Bonchev–Trinajstić information content (AvgIpc) is 2.69. The molecular formula is C20H26O6. The Morgan fingerprint density at radius 2 is 1.54 bits per heavy atom. The third kappa shape index (κ3) is 4.59. The summed E-state index contributed by atoms with van der Waals surface area (Å²) in [5.41, 5.74) is 0.779. The van der Waals surface area contributed by atoms with Crippen LogP contribution < -0.4 is 18.9 Å². The lowest BCUT2D eigenvalue weighted by Gasteiger charge is -2.26. The van der Waals surface area contributed by atoms with Gasteiger partial charge in [-0.3, -0.25) is 0 Å². The third-order valence-electron chi connectivity index (χ3n) is 4.09. The molecule has 0 aliphatic carbocycles. The van der Waals surface area contributed by atoms with Crippen LogP contribution in [0.1, 0.15) is 18.4 Å². The molecule has 142 valence electrons. The lowest BCUT2D eigenvalue weighted by Crippen LogP contribution is -2.31. The number of aliphatic hydroxyl groups excluding tert-OH is 2. The van der Waals surface area contributed by atoms with Crippen molar-refractivity contribution < 1.29 is 29.2 Å². The second-order valence-electron chi connectivity index (χ2n) is 5.62. The van der Waals surface area contributed by atoms with E-state index in [4.69, 9.17) is 18.9 Å². The van der Waals surface area contributed by atoms with E-state index in [0.717, 1.165) is 5.56 Å². The lowest BCUT2D eigenvalue weighted by molar-refractivity contribution is 0.0686. The highest BCUT2D eigenvalue weighted by molar-refractivity contribution is 5.45. The smallest absolute Gasteiger partial charge is 0.161 e. The second-order valence-corrected chi connectivity index (χ2v) is 5.62. The standard InChI is InChI=1S/C20H26O6/c1-4-25-17-10-9-14(11-19(17)24-3)15(12-21)20(13-22)26-18-8-6-5-7-16(18)23-2/h5-11,15,20-22H,4,12-13H2,1-3H3. The number of hydrogen-bond acceptors (Lipinski definition) is 6. The number of hydrogen-bond donors (Lipinski definition) is 2. The average molecular weight is 362 g/mol. The van der Waals surface area contributed by atoms with Gasteiger partial charge in [-0.25, -0.2) is 0 Å². The maximum absolute atomic E-state index is 9.93. The Bertz CT molecular complexity index is 688. The molecule has 0 fully saturated rings. The van der Waals surface area contributed by atoms with Crippen molar-refractivity contribution in [3.8, 4) is 23.0 Å². The molecule has 6 heteroatoms. The minimum absolute atomic E-state index is 0.197. The molecule has 2 atom stereocenters. The van der Waals surface area contributed by atoms with Crippen LogP contribution in [-0.2, 0) is 0 Å². The largest absolute Gasteiger partial charge is 0.493 e. The van der Waals surface area contributed by atoms with Gasteiger partial charge in [-0.15, -0.1) is 0 Å². The highest BCUT2D eigenvalue weighted by Crippen LogP contribution is 2.34. The summed E-state index contributed by atoms with van der Waals surface area (Å²) in [6.07, 6.45) is -0.654. The number of para-hydroxylation sites is 2. The molecule has 0 aromatic heterocycles. The summed E-state index contributed by atoms with van der Waals surface area (Å²) < 4.78 is 22.1. The molecule has 2 rings (SSSR count). The van der Waals surface area contributed by atoms with Gasteiger partial charge in [-0.05, 0) is 36.8 Å². The normalized spacial score (nSPS) is 13.0. The highest BCUT2D eigenvalue weighted by Gasteiger charge is 2.26. The fraction of sp³-hybridized carbons (Fsp3) is 0.400. The van der Waals surface area contributed by atoms with E-state index in [-0.39, 0.29) is 13.2 Å². The number of rotatable bonds is 10. The Hall–Kier alpha value is -2.44. The summed E-state index contributed by atoms with van der Waals surface area (Å²) in [5.74, 6) is 1.81. The Kier molecular flexibility index (Phi) is 7.56. The minimum Gasteiger partial charge on any atom is -0.493 e. The van der Waals surface area contributed by atoms with E-state index in [1.165, 1.54) is 0 Å². The van der Waals surface area contributed by atoms with Crippen molar-refractivity contribution in [1.82, 2.24) is 0 Å². The van der Waals surface area contributed by atoms with Crippen LogP contribution in [0, 0.1) is 0 Å². The fourth-order valence-electron chi connectivity index (χ4n) is 2.75. The van der Waals surface area contributed by atoms with Gasteiger partial charge in [0.25, 0.3) is 0 Å². The predicted octanol–water partition coefficient (Wildman–Crippen LogP) is 2.62. The molecule has 0 saturated carbocycles. The molecule has 0 saturated heterocycles. The minimum atomic E-state index is -0.654. The summed E-state index contributed by atoms with van der Waals surface area (Å²) in [6, 6.07) is 12.6. The third-order valence-corrected chi connectivity index (χ3v) is 4.09. The van der Waals surface area contributed by atoms with Gasteiger partial charge in [0.05, 0.1) is 34.0 Å². The van der Waals surface area contributed by atoms with Crippen molar-refractivity contribution >= 4 is 0 Å². The quantitative estimate of drug-likeness (QED) is 0.677. The molecule has 2 aromatic carbocycles. The topological polar surface area (TPSA) is 77.4 Å². The first-order valence-electron chi connectivity index (χ1n) is 8.50. The lowest BCUT2D eigenvalue weighted by atomic mass is 9.94. The Morgan fingerprint density at radius 1 is 0.846 bits per heavy atom. The molecule has 2 unspecified atom stereocenters. The fourth-order valence-corrected chi connectivity index (χ4v) is 2.75. The van der Waals surface area contributed by atoms with Gasteiger partial charge < -0.3 is 29.2 Å². The first kappa shape index (κ1) is 19.9. The number of ether oxygens (including phenoxy) is 4. The van der Waals surface area contributed by atoms with Crippen molar-refractivity contribution in [2.24, 2.45) is 0 Å². The zero-order valence-electron chi connectivity index (χ0n) is 15.3. The van der Waals surface area contributed by atoms with Crippen LogP contribution in [0.3, 0.4) is 0 Å². The van der Waals surface area contributed by atoms with E-state index >= 15 is 0 Å². The van der Waals surface area contributed by atoms with Gasteiger partial charge >= 0.3 is 0 Å². The molecule has 0 aliphatic rings. The molecule has 0 heterocycles. The van der Waals surface area contributed by atoms with E-state index in [1.54, 1.807) is 38.5 Å². The van der Waals surface area contributed by atoms with Crippen molar-refractivity contribution in [2.45, 2.75) is 18.9 Å². The highest BCUT2D eigenvalue weighted by atomic mass is 16.5. The van der Waals surface area contributed by atoms with Gasteiger partial charge in [0.2, 0.25) is 0 Å². The second kappa shape index (κ2) is 9.89. The van der Waals surface area contributed by atoms with Crippen LogP contribution in [0.15, 0.2) is 42.5 Å².